The van der Waals surface area contributed by atoms with Gasteiger partial charge in [-0.1, -0.05) is 47.1 Å². The summed E-state index contributed by atoms with van der Waals surface area (Å²) in [5.41, 5.74) is 7.67. The Kier molecular flexibility index (Phi) is 5.61. The number of hydrogen-bond acceptors (Lipinski definition) is 4. The maximum Gasteiger partial charge on any atom is 0.251 e. The second-order valence-corrected chi connectivity index (χ2v) is 6.78. The summed E-state index contributed by atoms with van der Waals surface area (Å²) in [6, 6.07) is 7.51. The monoisotopic (exact) mass is 367 g/mol. The molecule has 2 rings (SSSR count). The number of aromatic nitrogens is 2. The molecule has 112 valence electrons. The van der Waals surface area contributed by atoms with Crippen LogP contribution in [0.25, 0.3) is 0 Å². The number of nitrogens with zero attached hydrogens (tertiary/aromatic N) is 1. The Morgan fingerprint density at radius 1 is 1.43 bits per heavy atom. The molecule has 0 bridgehead atoms. The van der Waals surface area contributed by atoms with Gasteiger partial charge in [0.15, 0.2) is 5.16 Å². The van der Waals surface area contributed by atoms with Gasteiger partial charge in [-0.15, -0.1) is 0 Å². The highest BCUT2D eigenvalue weighted by atomic mass is 79.9. The van der Waals surface area contributed by atoms with Crippen LogP contribution in [0.5, 0.6) is 0 Å². The van der Waals surface area contributed by atoms with Crippen LogP contribution in [0.2, 0.25) is 0 Å². The molecule has 0 radical (unpaired) electrons. The Bertz CT molecular complexity index is 685. The van der Waals surface area contributed by atoms with Crippen molar-refractivity contribution >= 4 is 27.7 Å². The summed E-state index contributed by atoms with van der Waals surface area (Å²) in [5.74, 6) is 0. The van der Waals surface area contributed by atoms with Gasteiger partial charge in [-0.2, -0.15) is 0 Å². The highest BCUT2D eigenvalue weighted by Crippen LogP contribution is 2.30. The van der Waals surface area contributed by atoms with E-state index in [1.165, 1.54) is 11.8 Å². The molecule has 1 aromatic carbocycles. The van der Waals surface area contributed by atoms with Crippen LogP contribution in [0.15, 0.2) is 43.6 Å². The minimum atomic E-state index is -0.109. The summed E-state index contributed by atoms with van der Waals surface area (Å²) >= 11 is 4.97. The van der Waals surface area contributed by atoms with Crippen LogP contribution >= 0.6 is 27.7 Å². The molecular formula is C15H18BrN3OS. The molecule has 0 aliphatic rings. The maximum atomic E-state index is 11.7. The number of nitrogens with two attached hydrogens (primary N) is 1. The van der Waals surface area contributed by atoms with E-state index in [4.69, 9.17) is 5.73 Å². The summed E-state index contributed by atoms with van der Waals surface area (Å²) in [7, 11) is 0. The third-order valence-corrected chi connectivity index (χ3v) is 4.52. The van der Waals surface area contributed by atoms with Gasteiger partial charge in [0.1, 0.15) is 0 Å². The Hall–Kier alpha value is -1.11. The standard InChI is InChI=1S/C15H18BrN3OS/c1-3-4-10-7-14(20)19-15(18-10)21-11-5-6-12(9(2)17)13(16)8-11/h5-9H,3-4,17H2,1-2H3,(H,18,19,20)/t9-/m1/s1. The largest absolute Gasteiger partial charge is 0.324 e. The maximum absolute atomic E-state index is 11.7. The molecule has 3 N–H and O–H groups in total. The summed E-state index contributed by atoms with van der Waals surface area (Å²) in [6.45, 7) is 4.01. The Morgan fingerprint density at radius 2 is 2.19 bits per heavy atom. The minimum absolute atomic E-state index is 0.0239. The van der Waals surface area contributed by atoms with Crippen molar-refractivity contribution in [3.63, 3.8) is 0 Å². The van der Waals surface area contributed by atoms with Crippen LogP contribution in [-0.2, 0) is 6.42 Å². The van der Waals surface area contributed by atoms with Crippen LogP contribution in [0.1, 0.15) is 37.6 Å². The summed E-state index contributed by atoms with van der Waals surface area (Å²) in [4.78, 5) is 19.9. The molecule has 0 spiro atoms. The van der Waals surface area contributed by atoms with Crippen molar-refractivity contribution in [3.8, 4) is 0 Å². The van der Waals surface area contributed by atoms with Crippen molar-refractivity contribution in [1.29, 1.82) is 0 Å². The van der Waals surface area contributed by atoms with E-state index >= 15 is 0 Å². The van der Waals surface area contributed by atoms with Crippen molar-refractivity contribution in [2.75, 3.05) is 0 Å². The van der Waals surface area contributed by atoms with Crippen molar-refractivity contribution in [2.45, 2.75) is 42.8 Å². The molecule has 0 saturated heterocycles. The van der Waals surface area contributed by atoms with Gasteiger partial charge in [0.2, 0.25) is 0 Å². The molecule has 1 atom stereocenters. The van der Waals surface area contributed by atoms with E-state index in [9.17, 15) is 4.79 Å². The molecule has 0 amide bonds. The van der Waals surface area contributed by atoms with Gasteiger partial charge in [0.25, 0.3) is 5.56 Å². The van der Waals surface area contributed by atoms with Crippen molar-refractivity contribution in [2.24, 2.45) is 5.73 Å². The first-order chi connectivity index (χ1) is 9.99. The van der Waals surface area contributed by atoms with Crippen LogP contribution in [0, 0.1) is 0 Å². The summed E-state index contributed by atoms with van der Waals surface area (Å²) in [6.07, 6.45) is 1.78. The lowest BCUT2D eigenvalue weighted by Crippen LogP contribution is -2.09. The lowest BCUT2D eigenvalue weighted by atomic mass is 10.1. The molecule has 1 heterocycles. The van der Waals surface area contributed by atoms with E-state index in [2.05, 4.69) is 32.8 Å². The van der Waals surface area contributed by atoms with Crippen LogP contribution in [0.4, 0.5) is 0 Å². The van der Waals surface area contributed by atoms with Gasteiger partial charge in [0.05, 0.1) is 0 Å². The smallest absolute Gasteiger partial charge is 0.251 e. The fraction of sp³-hybridized carbons (Fsp3) is 0.333. The molecule has 1 aromatic heterocycles. The molecule has 0 saturated carbocycles. The van der Waals surface area contributed by atoms with E-state index in [1.807, 2.05) is 25.1 Å². The highest BCUT2D eigenvalue weighted by molar-refractivity contribution is 9.10. The molecule has 0 aliphatic heterocycles. The lowest BCUT2D eigenvalue weighted by molar-refractivity contribution is 0.810. The zero-order valence-corrected chi connectivity index (χ0v) is 14.4. The number of benzene rings is 1. The Balaban J connectivity index is 2.26. The minimum Gasteiger partial charge on any atom is -0.324 e. The van der Waals surface area contributed by atoms with Crippen LogP contribution < -0.4 is 11.3 Å². The molecule has 0 fully saturated rings. The first kappa shape index (κ1) is 16.3. The van der Waals surface area contributed by atoms with Gasteiger partial charge in [-0.05, 0) is 31.0 Å². The fourth-order valence-corrected chi connectivity index (χ4v) is 3.71. The van der Waals surface area contributed by atoms with Crippen LogP contribution in [-0.4, -0.2) is 9.97 Å². The van der Waals surface area contributed by atoms with Crippen LogP contribution in [0.3, 0.4) is 0 Å². The third kappa shape index (κ3) is 4.43. The first-order valence-electron chi connectivity index (χ1n) is 6.82. The van der Waals surface area contributed by atoms with E-state index in [-0.39, 0.29) is 11.6 Å². The van der Waals surface area contributed by atoms with Gasteiger partial charge in [0, 0.05) is 27.2 Å². The number of aromatic amines is 1. The van der Waals surface area contributed by atoms with E-state index in [1.54, 1.807) is 6.07 Å². The number of halogens is 1. The van der Waals surface area contributed by atoms with Gasteiger partial charge in [-0.3, -0.25) is 4.79 Å². The quantitative estimate of drug-likeness (QED) is 0.791. The van der Waals surface area contributed by atoms with Crippen molar-refractivity contribution in [1.82, 2.24) is 9.97 Å². The average Bonchev–Trinajstić information content (AvgIpc) is 2.37. The van der Waals surface area contributed by atoms with E-state index < -0.39 is 0 Å². The van der Waals surface area contributed by atoms with Gasteiger partial charge in [-0.25, -0.2) is 4.98 Å². The normalized spacial score (nSPS) is 12.4. The topological polar surface area (TPSA) is 71.8 Å². The first-order valence-corrected chi connectivity index (χ1v) is 8.43. The number of nitrogens with one attached hydrogen (secondary N) is 1. The molecular weight excluding hydrogens is 350 g/mol. The fourth-order valence-electron chi connectivity index (χ4n) is 1.97. The zero-order chi connectivity index (χ0) is 15.4. The number of hydrogen-bond donors (Lipinski definition) is 2. The van der Waals surface area contributed by atoms with Gasteiger partial charge >= 0.3 is 0 Å². The van der Waals surface area contributed by atoms with E-state index in [0.29, 0.717) is 5.16 Å². The van der Waals surface area contributed by atoms with Gasteiger partial charge < -0.3 is 10.7 Å². The van der Waals surface area contributed by atoms with E-state index in [0.717, 1.165) is 33.5 Å². The van der Waals surface area contributed by atoms with Crippen molar-refractivity contribution in [3.05, 3.63) is 50.3 Å². The second-order valence-electron chi connectivity index (χ2n) is 4.87. The van der Waals surface area contributed by atoms with Crippen molar-refractivity contribution < 1.29 is 0 Å². The molecule has 21 heavy (non-hydrogen) atoms. The number of H-pyrrole nitrogens is 1. The molecule has 6 heteroatoms. The molecule has 0 unspecified atom stereocenters. The predicted molar refractivity (Wildman–Crippen MR) is 89.7 cm³/mol. The third-order valence-electron chi connectivity index (χ3n) is 2.96. The zero-order valence-electron chi connectivity index (χ0n) is 12.0. The number of aryl methyl sites for hydroxylation is 1. The molecule has 2 aromatic rings. The SMILES string of the molecule is CCCc1cc(=O)[nH]c(Sc2ccc([C@@H](C)N)c(Br)c2)n1. The molecule has 4 nitrogen and oxygen atoms in total. The molecule has 0 aliphatic carbocycles. The number of rotatable bonds is 5. The average molecular weight is 368 g/mol. The summed E-state index contributed by atoms with van der Waals surface area (Å²) in [5, 5.41) is 0.617. The lowest BCUT2D eigenvalue weighted by Gasteiger charge is -2.10. The predicted octanol–water partition coefficient (Wildman–Crippen LogP) is 3.66. The Labute approximate surface area is 136 Å². The highest BCUT2D eigenvalue weighted by Gasteiger charge is 2.08. The summed E-state index contributed by atoms with van der Waals surface area (Å²) < 4.78 is 0.967. The Morgan fingerprint density at radius 3 is 2.81 bits per heavy atom. The second kappa shape index (κ2) is 7.24.